The van der Waals surface area contributed by atoms with Crippen molar-refractivity contribution >= 4 is 7.94 Å². The highest BCUT2D eigenvalue weighted by Gasteiger charge is 2.43. The maximum absolute atomic E-state index is 6.24. The molecular formula is C22H24O3P+. The van der Waals surface area contributed by atoms with Crippen LogP contribution in [0.1, 0.15) is 16.7 Å². The van der Waals surface area contributed by atoms with Gasteiger partial charge < -0.3 is 0 Å². The summed E-state index contributed by atoms with van der Waals surface area (Å²) in [5.74, 6) is 2.21. The van der Waals surface area contributed by atoms with Crippen LogP contribution in [0.4, 0.5) is 0 Å². The third-order valence-electron chi connectivity index (χ3n) is 3.78. The minimum absolute atomic E-state index is 0.737. The van der Waals surface area contributed by atoms with E-state index in [1.54, 1.807) is 0 Å². The first-order chi connectivity index (χ1) is 12.4. The van der Waals surface area contributed by atoms with E-state index in [-0.39, 0.29) is 0 Å². The SMILES string of the molecule is Cc1cccc(O[P+](C)(Oc2cccc(C)c2)Oc2cccc(C)c2)c1. The second kappa shape index (κ2) is 7.80. The van der Waals surface area contributed by atoms with Gasteiger partial charge in [-0.2, -0.15) is 0 Å². The molecule has 0 unspecified atom stereocenters. The molecule has 4 heteroatoms. The van der Waals surface area contributed by atoms with Crippen LogP contribution in [-0.2, 0) is 0 Å². The average molecular weight is 367 g/mol. The number of aryl methyl sites for hydroxylation is 3. The molecule has 3 aromatic carbocycles. The van der Waals surface area contributed by atoms with Crippen molar-refractivity contribution in [2.75, 3.05) is 6.66 Å². The summed E-state index contributed by atoms with van der Waals surface area (Å²) in [4.78, 5) is 0. The Labute approximate surface area is 156 Å². The molecule has 0 aromatic heterocycles. The Morgan fingerprint density at radius 1 is 0.538 bits per heavy atom. The van der Waals surface area contributed by atoms with Crippen molar-refractivity contribution < 1.29 is 13.6 Å². The van der Waals surface area contributed by atoms with E-state index in [1.807, 2.05) is 100 Å². The number of benzene rings is 3. The lowest BCUT2D eigenvalue weighted by Gasteiger charge is -2.20. The van der Waals surface area contributed by atoms with Crippen LogP contribution in [0.5, 0.6) is 17.2 Å². The van der Waals surface area contributed by atoms with E-state index in [2.05, 4.69) is 0 Å². The average Bonchev–Trinajstić information content (AvgIpc) is 2.54. The second-order valence-corrected chi connectivity index (χ2v) is 8.59. The van der Waals surface area contributed by atoms with E-state index < -0.39 is 7.94 Å². The van der Waals surface area contributed by atoms with Crippen LogP contribution in [0, 0.1) is 20.8 Å². The summed E-state index contributed by atoms with van der Waals surface area (Å²) in [6.07, 6.45) is 0. The summed E-state index contributed by atoms with van der Waals surface area (Å²) < 4.78 is 18.7. The maximum atomic E-state index is 6.24. The lowest BCUT2D eigenvalue weighted by atomic mass is 10.2. The first-order valence-corrected chi connectivity index (χ1v) is 10.6. The summed E-state index contributed by atoms with van der Waals surface area (Å²) >= 11 is 0. The molecule has 0 saturated carbocycles. The summed E-state index contributed by atoms with van der Waals surface area (Å²) in [7, 11) is -2.69. The molecule has 0 spiro atoms. The molecule has 0 radical (unpaired) electrons. The van der Waals surface area contributed by atoms with Gasteiger partial charge in [-0.25, -0.2) is 0 Å². The molecule has 0 saturated heterocycles. The standard InChI is InChI=1S/C22H24O3P/c1-17-8-5-11-20(14-17)23-26(4,24-21-12-6-9-18(2)15-21)25-22-13-7-10-19(3)16-22/h5-16H,1-4H3/q+1. The topological polar surface area (TPSA) is 27.7 Å². The number of hydrogen-bond acceptors (Lipinski definition) is 3. The van der Waals surface area contributed by atoms with E-state index >= 15 is 0 Å². The molecule has 26 heavy (non-hydrogen) atoms. The molecule has 0 bridgehead atoms. The van der Waals surface area contributed by atoms with E-state index in [0.717, 1.165) is 33.9 Å². The van der Waals surface area contributed by atoms with Crippen molar-refractivity contribution in [2.45, 2.75) is 20.8 Å². The largest absolute Gasteiger partial charge is 0.538 e. The highest BCUT2D eigenvalue weighted by molar-refractivity contribution is 7.62. The van der Waals surface area contributed by atoms with Crippen LogP contribution >= 0.6 is 7.94 Å². The van der Waals surface area contributed by atoms with E-state index in [1.165, 1.54) is 0 Å². The second-order valence-electron chi connectivity index (χ2n) is 6.49. The van der Waals surface area contributed by atoms with Gasteiger partial charge in [0.15, 0.2) is 23.9 Å². The van der Waals surface area contributed by atoms with Gasteiger partial charge in [0.1, 0.15) is 0 Å². The zero-order valence-electron chi connectivity index (χ0n) is 15.6. The molecule has 134 valence electrons. The van der Waals surface area contributed by atoms with Gasteiger partial charge >= 0.3 is 7.94 Å². The molecule has 0 amide bonds. The molecule has 0 N–H and O–H groups in total. The summed E-state index contributed by atoms with van der Waals surface area (Å²) in [6.45, 7) is 7.99. The zero-order valence-corrected chi connectivity index (χ0v) is 16.5. The minimum Gasteiger partial charge on any atom is -0.272 e. The third kappa shape index (κ3) is 5.00. The van der Waals surface area contributed by atoms with Gasteiger partial charge in [-0.15, -0.1) is 0 Å². The number of hydrogen-bond donors (Lipinski definition) is 0. The smallest absolute Gasteiger partial charge is 0.272 e. The molecule has 0 heterocycles. The Morgan fingerprint density at radius 2 is 0.846 bits per heavy atom. The Kier molecular flexibility index (Phi) is 5.49. The van der Waals surface area contributed by atoms with Crippen molar-refractivity contribution in [3.05, 3.63) is 89.5 Å². The molecule has 3 rings (SSSR count). The number of rotatable bonds is 6. The first-order valence-electron chi connectivity index (χ1n) is 8.57. The van der Waals surface area contributed by atoms with Gasteiger partial charge in [0.25, 0.3) is 0 Å². The van der Waals surface area contributed by atoms with Crippen LogP contribution in [0.25, 0.3) is 0 Å². The predicted molar refractivity (Wildman–Crippen MR) is 108 cm³/mol. The normalized spacial score (nSPS) is 11.1. The van der Waals surface area contributed by atoms with Crippen LogP contribution in [0.3, 0.4) is 0 Å². The Hall–Kier alpha value is -2.51. The van der Waals surface area contributed by atoms with Gasteiger partial charge in [0.2, 0.25) is 0 Å². The van der Waals surface area contributed by atoms with Crippen molar-refractivity contribution in [3.8, 4) is 17.2 Å². The minimum atomic E-state index is -2.69. The molecule has 0 atom stereocenters. The Balaban J connectivity index is 1.91. The van der Waals surface area contributed by atoms with Gasteiger partial charge in [-0.05, 0) is 73.9 Å². The quantitative estimate of drug-likeness (QED) is 0.463. The Morgan fingerprint density at radius 3 is 1.12 bits per heavy atom. The van der Waals surface area contributed by atoms with Gasteiger partial charge in [0, 0.05) is 0 Å². The van der Waals surface area contributed by atoms with Crippen molar-refractivity contribution in [2.24, 2.45) is 0 Å². The summed E-state index contributed by atoms with van der Waals surface area (Å²) in [6, 6.07) is 23.7. The fourth-order valence-corrected chi connectivity index (χ4v) is 4.25. The van der Waals surface area contributed by atoms with E-state index in [9.17, 15) is 0 Å². The van der Waals surface area contributed by atoms with Crippen LogP contribution in [0.2, 0.25) is 0 Å². The third-order valence-corrected chi connectivity index (χ3v) is 5.41. The van der Waals surface area contributed by atoms with Gasteiger partial charge in [0.05, 0.1) is 0 Å². The highest BCUT2D eigenvalue weighted by Crippen LogP contribution is 2.57. The molecule has 0 aliphatic rings. The molecule has 0 aliphatic carbocycles. The lowest BCUT2D eigenvalue weighted by Crippen LogP contribution is -2.14. The molecule has 3 nitrogen and oxygen atoms in total. The molecule has 0 fully saturated rings. The fourth-order valence-electron chi connectivity index (χ4n) is 2.65. The lowest BCUT2D eigenvalue weighted by molar-refractivity contribution is 0.362. The van der Waals surface area contributed by atoms with Crippen LogP contribution in [0.15, 0.2) is 72.8 Å². The van der Waals surface area contributed by atoms with Gasteiger partial charge in [-0.3, -0.25) is 13.6 Å². The van der Waals surface area contributed by atoms with E-state index in [0.29, 0.717) is 0 Å². The van der Waals surface area contributed by atoms with Crippen molar-refractivity contribution in [1.82, 2.24) is 0 Å². The summed E-state index contributed by atoms with van der Waals surface area (Å²) in [5, 5.41) is 0. The first kappa shape index (κ1) is 18.3. The molecule has 3 aromatic rings. The van der Waals surface area contributed by atoms with Crippen molar-refractivity contribution in [1.29, 1.82) is 0 Å². The predicted octanol–water partition coefficient (Wildman–Crippen LogP) is 6.54. The molecule has 0 aliphatic heterocycles. The van der Waals surface area contributed by atoms with Crippen LogP contribution < -0.4 is 13.6 Å². The van der Waals surface area contributed by atoms with Crippen LogP contribution in [-0.4, -0.2) is 6.66 Å². The monoisotopic (exact) mass is 367 g/mol. The summed E-state index contributed by atoms with van der Waals surface area (Å²) in [5.41, 5.74) is 3.38. The Bertz CT molecular complexity index is 776. The zero-order chi connectivity index (χ0) is 18.6. The molecular weight excluding hydrogens is 343 g/mol. The van der Waals surface area contributed by atoms with Gasteiger partial charge in [-0.1, -0.05) is 36.4 Å². The maximum Gasteiger partial charge on any atom is 0.538 e. The highest BCUT2D eigenvalue weighted by atomic mass is 31.2. The fraction of sp³-hybridized carbons (Fsp3) is 0.182. The van der Waals surface area contributed by atoms with E-state index in [4.69, 9.17) is 13.6 Å². The van der Waals surface area contributed by atoms with Crippen molar-refractivity contribution in [3.63, 3.8) is 0 Å².